The molecule has 0 aliphatic heterocycles. The standard InChI is InChI=1S/C14H20N4/c1-14(5-3-2-4-6-14)10-18-13-12(16)7-11(8-15)9-17-13/h7,9H,2-6,10,16H2,1H3,(H,17,18). The Bertz CT molecular complexity index is 455. The van der Waals surface area contributed by atoms with E-state index in [-0.39, 0.29) is 0 Å². The van der Waals surface area contributed by atoms with Crippen LogP contribution in [0.4, 0.5) is 11.5 Å². The topological polar surface area (TPSA) is 74.7 Å². The first kappa shape index (κ1) is 12.7. The summed E-state index contributed by atoms with van der Waals surface area (Å²) in [6.45, 7) is 3.22. The van der Waals surface area contributed by atoms with E-state index in [9.17, 15) is 0 Å². The highest BCUT2D eigenvalue weighted by atomic mass is 15.0. The van der Waals surface area contributed by atoms with Crippen LogP contribution in [0.3, 0.4) is 0 Å². The maximum absolute atomic E-state index is 8.76. The maximum Gasteiger partial charge on any atom is 0.149 e. The minimum Gasteiger partial charge on any atom is -0.396 e. The summed E-state index contributed by atoms with van der Waals surface area (Å²) in [6, 6.07) is 3.70. The Balaban J connectivity index is 2.00. The van der Waals surface area contributed by atoms with Crippen LogP contribution in [-0.4, -0.2) is 11.5 Å². The lowest BCUT2D eigenvalue weighted by atomic mass is 9.76. The fourth-order valence-electron chi connectivity index (χ4n) is 2.57. The minimum absolute atomic E-state index is 0.347. The van der Waals surface area contributed by atoms with E-state index in [1.165, 1.54) is 32.1 Å². The average molecular weight is 244 g/mol. The number of pyridine rings is 1. The molecule has 0 bridgehead atoms. The first-order valence-electron chi connectivity index (χ1n) is 6.52. The van der Waals surface area contributed by atoms with Crippen molar-refractivity contribution in [2.45, 2.75) is 39.0 Å². The summed E-state index contributed by atoms with van der Waals surface area (Å²) < 4.78 is 0. The van der Waals surface area contributed by atoms with Gasteiger partial charge in [-0.3, -0.25) is 0 Å². The second-order valence-corrected chi connectivity index (χ2v) is 5.50. The first-order chi connectivity index (χ1) is 8.63. The van der Waals surface area contributed by atoms with Gasteiger partial charge in [-0.2, -0.15) is 5.26 Å². The zero-order chi connectivity index (χ0) is 13.0. The summed E-state index contributed by atoms with van der Waals surface area (Å²) >= 11 is 0. The monoisotopic (exact) mass is 244 g/mol. The van der Waals surface area contributed by atoms with Crippen LogP contribution in [-0.2, 0) is 0 Å². The van der Waals surface area contributed by atoms with Gasteiger partial charge in [0.15, 0.2) is 0 Å². The molecule has 18 heavy (non-hydrogen) atoms. The molecule has 0 radical (unpaired) electrons. The van der Waals surface area contributed by atoms with Gasteiger partial charge < -0.3 is 11.1 Å². The molecular weight excluding hydrogens is 224 g/mol. The average Bonchev–Trinajstić information content (AvgIpc) is 2.38. The molecule has 3 N–H and O–H groups in total. The van der Waals surface area contributed by atoms with Crippen molar-refractivity contribution >= 4 is 11.5 Å². The van der Waals surface area contributed by atoms with Gasteiger partial charge in [-0.25, -0.2) is 4.98 Å². The number of hydrogen-bond donors (Lipinski definition) is 2. The summed E-state index contributed by atoms with van der Waals surface area (Å²) in [5.74, 6) is 0.695. The van der Waals surface area contributed by atoms with Crippen LogP contribution in [0.15, 0.2) is 12.3 Å². The van der Waals surface area contributed by atoms with Crippen LogP contribution in [0.25, 0.3) is 0 Å². The SMILES string of the molecule is CC1(CNc2ncc(C#N)cc2N)CCCCC1. The van der Waals surface area contributed by atoms with E-state index in [1.807, 2.05) is 6.07 Å². The van der Waals surface area contributed by atoms with Crippen molar-refractivity contribution in [1.82, 2.24) is 4.98 Å². The van der Waals surface area contributed by atoms with Crippen molar-refractivity contribution in [3.05, 3.63) is 17.8 Å². The van der Waals surface area contributed by atoms with Crippen molar-refractivity contribution in [3.8, 4) is 6.07 Å². The zero-order valence-corrected chi connectivity index (χ0v) is 10.9. The smallest absolute Gasteiger partial charge is 0.149 e. The molecule has 0 spiro atoms. The van der Waals surface area contributed by atoms with Crippen LogP contribution in [0, 0.1) is 16.7 Å². The van der Waals surface area contributed by atoms with Crippen molar-refractivity contribution in [2.24, 2.45) is 5.41 Å². The van der Waals surface area contributed by atoms with Crippen molar-refractivity contribution in [1.29, 1.82) is 5.26 Å². The van der Waals surface area contributed by atoms with Crippen LogP contribution < -0.4 is 11.1 Å². The Morgan fingerprint density at radius 1 is 1.44 bits per heavy atom. The van der Waals surface area contributed by atoms with Gasteiger partial charge in [0, 0.05) is 12.7 Å². The Kier molecular flexibility index (Phi) is 3.71. The molecule has 0 amide bonds. The summed E-state index contributed by atoms with van der Waals surface area (Å²) in [5, 5.41) is 12.1. The maximum atomic E-state index is 8.76. The predicted octanol–water partition coefficient (Wildman–Crippen LogP) is 2.92. The Labute approximate surface area is 108 Å². The van der Waals surface area contributed by atoms with Gasteiger partial charge >= 0.3 is 0 Å². The zero-order valence-electron chi connectivity index (χ0n) is 10.9. The summed E-state index contributed by atoms with van der Waals surface area (Å²) in [6.07, 6.45) is 8.06. The molecule has 1 aliphatic carbocycles. The van der Waals surface area contributed by atoms with Gasteiger partial charge in [0.25, 0.3) is 0 Å². The number of rotatable bonds is 3. The van der Waals surface area contributed by atoms with Crippen LogP contribution in [0.2, 0.25) is 0 Å². The Morgan fingerprint density at radius 2 is 2.17 bits per heavy atom. The lowest BCUT2D eigenvalue weighted by Crippen LogP contribution is -2.29. The van der Waals surface area contributed by atoms with Crippen molar-refractivity contribution in [2.75, 3.05) is 17.6 Å². The van der Waals surface area contributed by atoms with Crippen LogP contribution >= 0.6 is 0 Å². The fourth-order valence-corrected chi connectivity index (χ4v) is 2.57. The largest absolute Gasteiger partial charge is 0.396 e. The van der Waals surface area contributed by atoms with E-state index in [4.69, 9.17) is 11.0 Å². The molecule has 1 aliphatic rings. The fraction of sp³-hybridized carbons (Fsp3) is 0.571. The number of nitrogens with two attached hydrogens (primary N) is 1. The lowest BCUT2D eigenvalue weighted by molar-refractivity contribution is 0.233. The van der Waals surface area contributed by atoms with E-state index < -0.39 is 0 Å². The van der Waals surface area contributed by atoms with E-state index in [0.29, 0.717) is 22.5 Å². The van der Waals surface area contributed by atoms with Gasteiger partial charge in [0.05, 0.1) is 11.3 Å². The first-order valence-corrected chi connectivity index (χ1v) is 6.52. The summed E-state index contributed by atoms with van der Waals surface area (Å²) in [4.78, 5) is 4.21. The van der Waals surface area contributed by atoms with E-state index >= 15 is 0 Å². The molecule has 0 saturated heterocycles. The molecule has 0 atom stereocenters. The normalized spacial score (nSPS) is 18.0. The molecule has 1 heterocycles. The van der Waals surface area contributed by atoms with Crippen LogP contribution in [0.1, 0.15) is 44.6 Å². The van der Waals surface area contributed by atoms with Crippen molar-refractivity contribution < 1.29 is 0 Å². The number of anilines is 2. The third-order valence-corrected chi connectivity index (χ3v) is 3.79. The third-order valence-electron chi connectivity index (χ3n) is 3.79. The molecule has 1 saturated carbocycles. The number of nitriles is 1. The van der Waals surface area contributed by atoms with Gasteiger partial charge in [-0.15, -0.1) is 0 Å². The molecule has 4 nitrogen and oxygen atoms in total. The highest BCUT2D eigenvalue weighted by Crippen LogP contribution is 2.36. The van der Waals surface area contributed by atoms with Gasteiger partial charge in [0.2, 0.25) is 0 Å². The minimum atomic E-state index is 0.347. The highest BCUT2D eigenvalue weighted by Gasteiger charge is 2.26. The Hall–Kier alpha value is -1.76. The number of nitrogen functional groups attached to an aromatic ring is 1. The lowest BCUT2D eigenvalue weighted by Gasteiger charge is -2.33. The number of aromatic nitrogens is 1. The summed E-state index contributed by atoms with van der Waals surface area (Å²) in [7, 11) is 0. The van der Waals surface area contributed by atoms with E-state index in [0.717, 1.165) is 6.54 Å². The number of hydrogen-bond acceptors (Lipinski definition) is 4. The van der Waals surface area contributed by atoms with Gasteiger partial charge in [0.1, 0.15) is 11.9 Å². The second-order valence-electron chi connectivity index (χ2n) is 5.50. The highest BCUT2D eigenvalue weighted by molar-refractivity contribution is 5.63. The molecule has 2 rings (SSSR count). The second kappa shape index (κ2) is 5.26. The number of nitrogens with one attached hydrogen (secondary N) is 1. The quantitative estimate of drug-likeness (QED) is 0.857. The molecule has 1 aromatic rings. The summed E-state index contributed by atoms with van der Waals surface area (Å²) in [5.41, 5.74) is 7.28. The van der Waals surface area contributed by atoms with Crippen molar-refractivity contribution in [3.63, 3.8) is 0 Å². The molecule has 96 valence electrons. The molecule has 1 aromatic heterocycles. The molecule has 1 fully saturated rings. The van der Waals surface area contributed by atoms with E-state index in [1.54, 1.807) is 12.3 Å². The molecule has 0 aromatic carbocycles. The molecule has 0 unspecified atom stereocenters. The predicted molar refractivity (Wildman–Crippen MR) is 73.0 cm³/mol. The van der Waals surface area contributed by atoms with E-state index in [2.05, 4.69) is 17.2 Å². The molecule has 4 heteroatoms. The molecular formula is C14H20N4. The van der Waals surface area contributed by atoms with Gasteiger partial charge in [-0.05, 0) is 24.3 Å². The Morgan fingerprint density at radius 3 is 2.78 bits per heavy atom. The number of nitrogens with zero attached hydrogens (tertiary/aromatic N) is 2. The van der Waals surface area contributed by atoms with Gasteiger partial charge in [-0.1, -0.05) is 26.2 Å². The van der Waals surface area contributed by atoms with Crippen LogP contribution in [0.5, 0.6) is 0 Å². The third kappa shape index (κ3) is 2.92.